The van der Waals surface area contributed by atoms with E-state index in [2.05, 4.69) is 5.32 Å². The SMILES string of the molecule is CC(=O)[C@@H](Cc1ccccc1)NC(=O)CN(C)Cc1ccc(Cl)s1. The first-order chi connectivity index (χ1) is 11.4. The van der Waals surface area contributed by atoms with Crippen LogP contribution in [0, 0.1) is 0 Å². The molecule has 2 aromatic rings. The molecular formula is C18H21ClN2O2S. The van der Waals surface area contributed by atoms with Gasteiger partial charge in [0.15, 0.2) is 5.78 Å². The van der Waals surface area contributed by atoms with E-state index in [1.54, 1.807) is 0 Å². The van der Waals surface area contributed by atoms with Crippen LogP contribution in [0.15, 0.2) is 42.5 Å². The number of likely N-dealkylation sites (N-methyl/N-ethyl adjacent to an activating group) is 1. The summed E-state index contributed by atoms with van der Waals surface area (Å²) in [6, 6.07) is 13.0. The maximum absolute atomic E-state index is 12.2. The Bertz CT molecular complexity index is 687. The number of Topliss-reactive ketones (excluding diaryl/α,β-unsaturated/α-hetero) is 1. The smallest absolute Gasteiger partial charge is 0.234 e. The Hall–Kier alpha value is -1.69. The molecule has 128 valence electrons. The van der Waals surface area contributed by atoms with Gasteiger partial charge in [0.05, 0.1) is 16.9 Å². The van der Waals surface area contributed by atoms with Gasteiger partial charge in [0.25, 0.3) is 0 Å². The van der Waals surface area contributed by atoms with Crippen molar-refractivity contribution in [3.63, 3.8) is 0 Å². The second-order valence-electron chi connectivity index (χ2n) is 5.80. The Morgan fingerprint density at radius 1 is 1.21 bits per heavy atom. The first-order valence-electron chi connectivity index (χ1n) is 7.70. The average Bonchev–Trinajstić information content (AvgIpc) is 2.92. The highest BCUT2D eigenvalue weighted by atomic mass is 35.5. The number of thiophene rings is 1. The molecule has 1 heterocycles. The fraction of sp³-hybridized carbons (Fsp3) is 0.333. The van der Waals surface area contributed by atoms with Crippen LogP contribution in [0.1, 0.15) is 17.4 Å². The van der Waals surface area contributed by atoms with Gasteiger partial charge in [0, 0.05) is 11.4 Å². The number of amides is 1. The largest absolute Gasteiger partial charge is 0.345 e. The molecule has 0 saturated heterocycles. The highest BCUT2D eigenvalue weighted by molar-refractivity contribution is 7.16. The van der Waals surface area contributed by atoms with E-state index in [-0.39, 0.29) is 18.2 Å². The minimum absolute atomic E-state index is 0.0418. The van der Waals surface area contributed by atoms with Crippen molar-refractivity contribution in [2.45, 2.75) is 25.9 Å². The van der Waals surface area contributed by atoms with Crippen molar-refractivity contribution in [3.8, 4) is 0 Å². The van der Waals surface area contributed by atoms with E-state index >= 15 is 0 Å². The molecule has 0 fully saturated rings. The summed E-state index contributed by atoms with van der Waals surface area (Å²) in [6.45, 7) is 2.38. The van der Waals surface area contributed by atoms with Gasteiger partial charge in [-0.3, -0.25) is 14.5 Å². The molecule has 4 nitrogen and oxygen atoms in total. The predicted molar refractivity (Wildman–Crippen MR) is 98.4 cm³/mol. The van der Waals surface area contributed by atoms with Crippen LogP contribution in [0.2, 0.25) is 4.34 Å². The molecule has 0 saturated carbocycles. The molecule has 0 spiro atoms. The van der Waals surface area contributed by atoms with Crippen molar-refractivity contribution in [2.75, 3.05) is 13.6 Å². The number of halogens is 1. The van der Waals surface area contributed by atoms with Crippen molar-refractivity contribution in [1.82, 2.24) is 10.2 Å². The Morgan fingerprint density at radius 3 is 2.50 bits per heavy atom. The lowest BCUT2D eigenvalue weighted by Gasteiger charge is -2.19. The van der Waals surface area contributed by atoms with Gasteiger partial charge in [0.1, 0.15) is 0 Å². The molecule has 6 heteroatoms. The van der Waals surface area contributed by atoms with Crippen molar-refractivity contribution in [1.29, 1.82) is 0 Å². The fourth-order valence-corrected chi connectivity index (χ4v) is 3.56. The summed E-state index contributed by atoms with van der Waals surface area (Å²) in [7, 11) is 1.87. The second-order valence-corrected chi connectivity index (χ2v) is 7.60. The Kier molecular flexibility index (Phi) is 6.97. The third-order valence-electron chi connectivity index (χ3n) is 3.58. The first-order valence-corrected chi connectivity index (χ1v) is 8.90. The molecular weight excluding hydrogens is 344 g/mol. The van der Waals surface area contributed by atoms with E-state index in [0.717, 1.165) is 14.8 Å². The van der Waals surface area contributed by atoms with Crippen molar-refractivity contribution in [2.24, 2.45) is 0 Å². The first kappa shape index (κ1) is 18.6. The molecule has 1 atom stereocenters. The molecule has 0 bridgehead atoms. The van der Waals surface area contributed by atoms with Gasteiger partial charge in [-0.05, 0) is 38.1 Å². The van der Waals surface area contributed by atoms with E-state index < -0.39 is 6.04 Å². The molecule has 1 aromatic carbocycles. The van der Waals surface area contributed by atoms with Gasteiger partial charge >= 0.3 is 0 Å². The summed E-state index contributed by atoms with van der Waals surface area (Å²) in [6.07, 6.45) is 0.506. The zero-order valence-corrected chi connectivity index (χ0v) is 15.4. The number of nitrogens with zero attached hydrogens (tertiary/aromatic N) is 1. The zero-order chi connectivity index (χ0) is 17.5. The lowest BCUT2D eigenvalue weighted by atomic mass is 10.0. The number of carbonyl (C=O) groups excluding carboxylic acids is 2. The molecule has 24 heavy (non-hydrogen) atoms. The van der Waals surface area contributed by atoms with E-state index in [1.807, 2.05) is 54.4 Å². The lowest BCUT2D eigenvalue weighted by Crippen LogP contribution is -2.45. The van der Waals surface area contributed by atoms with Crippen LogP contribution in [0.4, 0.5) is 0 Å². The van der Waals surface area contributed by atoms with Gasteiger partial charge in [0.2, 0.25) is 5.91 Å². The predicted octanol–water partition coefficient (Wildman–Crippen LogP) is 3.15. The molecule has 0 radical (unpaired) electrons. The number of carbonyl (C=O) groups is 2. The Morgan fingerprint density at radius 2 is 1.92 bits per heavy atom. The summed E-state index contributed by atoms with van der Waals surface area (Å²) in [4.78, 5) is 27.0. The summed E-state index contributed by atoms with van der Waals surface area (Å²) < 4.78 is 0.738. The van der Waals surface area contributed by atoms with Gasteiger partial charge in [-0.2, -0.15) is 0 Å². The zero-order valence-electron chi connectivity index (χ0n) is 13.8. The second kappa shape index (κ2) is 8.97. The van der Waals surface area contributed by atoms with Crippen LogP contribution in [0.5, 0.6) is 0 Å². The highest BCUT2D eigenvalue weighted by Gasteiger charge is 2.18. The van der Waals surface area contributed by atoms with Crippen molar-refractivity contribution in [3.05, 3.63) is 57.2 Å². The van der Waals surface area contributed by atoms with Crippen molar-refractivity contribution >= 4 is 34.6 Å². The number of hydrogen-bond acceptors (Lipinski definition) is 4. The number of ketones is 1. The summed E-state index contributed by atoms with van der Waals surface area (Å²) >= 11 is 7.42. The Balaban J connectivity index is 1.87. The quantitative estimate of drug-likeness (QED) is 0.782. The molecule has 0 aliphatic rings. The maximum atomic E-state index is 12.2. The van der Waals surface area contributed by atoms with E-state index in [1.165, 1.54) is 18.3 Å². The van der Waals surface area contributed by atoms with Gasteiger partial charge in [-0.1, -0.05) is 41.9 Å². The molecule has 1 amide bonds. The average molecular weight is 365 g/mol. The Labute approximate surface area is 151 Å². The van der Waals surface area contributed by atoms with Crippen LogP contribution in [-0.2, 0) is 22.6 Å². The summed E-state index contributed by atoms with van der Waals surface area (Å²) in [5.74, 6) is -0.198. The summed E-state index contributed by atoms with van der Waals surface area (Å²) in [5, 5.41) is 2.83. The van der Waals surface area contributed by atoms with Crippen LogP contribution >= 0.6 is 22.9 Å². The fourth-order valence-electron chi connectivity index (χ4n) is 2.39. The normalized spacial score (nSPS) is 12.2. The monoisotopic (exact) mass is 364 g/mol. The highest BCUT2D eigenvalue weighted by Crippen LogP contribution is 2.22. The molecule has 0 aliphatic carbocycles. The van der Waals surface area contributed by atoms with Gasteiger partial charge in [-0.15, -0.1) is 11.3 Å². The molecule has 2 rings (SSSR count). The van der Waals surface area contributed by atoms with E-state index in [0.29, 0.717) is 13.0 Å². The van der Waals surface area contributed by atoms with Crippen LogP contribution in [0.3, 0.4) is 0 Å². The standard InChI is InChI=1S/C18H21ClN2O2S/c1-13(22)16(10-14-6-4-3-5-7-14)20-18(23)12-21(2)11-15-8-9-17(19)24-15/h3-9,16H,10-12H2,1-2H3,(H,20,23)/t16-/m1/s1. The number of rotatable bonds is 8. The van der Waals surface area contributed by atoms with Crippen LogP contribution in [0.25, 0.3) is 0 Å². The molecule has 1 aromatic heterocycles. The minimum atomic E-state index is -0.496. The van der Waals surface area contributed by atoms with Gasteiger partial charge < -0.3 is 5.32 Å². The molecule has 0 aliphatic heterocycles. The lowest BCUT2D eigenvalue weighted by molar-refractivity contribution is -0.127. The topological polar surface area (TPSA) is 49.4 Å². The summed E-state index contributed by atoms with van der Waals surface area (Å²) in [5.41, 5.74) is 1.03. The maximum Gasteiger partial charge on any atom is 0.234 e. The number of nitrogens with one attached hydrogen (secondary N) is 1. The third-order valence-corrected chi connectivity index (χ3v) is 4.79. The molecule has 1 N–H and O–H groups in total. The number of hydrogen-bond donors (Lipinski definition) is 1. The van der Waals surface area contributed by atoms with Crippen LogP contribution < -0.4 is 5.32 Å². The molecule has 0 unspecified atom stereocenters. The van der Waals surface area contributed by atoms with E-state index in [4.69, 9.17) is 11.6 Å². The van der Waals surface area contributed by atoms with E-state index in [9.17, 15) is 9.59 Å². The van der Waals surface area contributed by atoms with Gasteiger partial charge in [-0.25, -0.2) is 0 Å². The number of benzene rings is 1. The minimum Gasteiger partial charge on any atom is -0.345 e. The van der Waals surface area contributed by atoms with Crippen LogP contribution in [-0.4, -0.2) is 36.2 Å². The third kappa shape index (κ3) is 6.07. The van der Waals surface area contributed by atoms with Crippen molar-refractivity contribution < 1.29 is 9.59 Å².